The molecule has 0 radical (unpaired) electrons. The lowest BCUT2D eigenvalue weighted by Gasteiger charge is -2.42. The van der Waals surface area contributed by atoms with Gasteiger partial charge in [0.25, 0.3) is 6.17 Å². The van der Waals surface area contributed by atoms with Crippen molar-refractivity contribution in [3.63, 3.8) is 0 Å². The van der Waals surface area contributed by atoms with E-state index in [1.165, 1.54) is 0 Å². The molecule has 0 saturated carbocycles. The van der Waals surface area contributed by atoms with Crippen LogP contribution in [0.2, 0.25) is 0 Å². The SMILES string of the molecule is FC(C(F)(F)F)C(F)(OCCC(F)(F)F)C(F)(C(F)(F)F)C(F)(F)F. The zero-order valence-electron chi connectivity index (χ0n) is 11.1. The highest BCUT2D eigenvalue weighted by atomic mass is 19.4. The van der Waals surface area contributed by atoms with Crippen molar-refractivity contribution in [2.24, 2.45) is 0 Å². The van der Waals surface area contributed by atoms with Gasteiger partial charge in [-0.05, 0) is 0 Å². The molecule has 16 heteroatoms. The van der Waals surface area contributed by atoms with E-state index in [2.05, 4.69) is 4.74 Å². The van der Waals surface area contributed by atoms with Gasteiger partial charge in [0.1, 0.15) is 0 Å². The smallest absolute Gasteiger partial charge is 0.340 e. The van der Waals surface area contributed by atoms with Crippen molar-refractivity contribution in [1.82, 2.24) is 0 Å². The van der Waals surface area contributed by atoms with E-state index >= 15 is 0 Å². The molecule has 0 aliphatic carbocycles. The van der Waals surface area contributed by atoms with Gasteiger partial charge < -0.3 is 4.74 Å². The fraction of sp³-hybridized carbons (Fsp3) is 1.00. The van der Waals surface area contributed by atoms with Crippen LogP contribution in [0.15, 0.2) is 0 Å². The molecule has 0 aliphatic rings. The van der Waals surface area contributed by atoms with Crippen molar-refractivity contribution >= 4 is 0 Å². The highest BCUT2D eigenvalue weighted by Gasteiger charge is 2.88. The normalized spacial score (nSPS) is 18.8. The van der Waals surface area contributed by atoms with Gasteiger partial charge in [0.2, 0.25) is 0 Å². The van der Waals surface area contributed by atoms with Crippen LogP contribution in [0.4, 0.5) is 65.9 Å². The molecule has 0 amide bonds. The van der Waals surface area contributed by atoms with Crippen LogP contribution in [0.5, 0.6) is 0 Å². The fourth-order valence-electron chi connectivity index (χ4n) is 1.42. The molecule has 0 aromatic rings. The maximum Gasteiger partial charge on any atom is 0.437 e. The summed E-state index contributed by atoms with van der Waals surface area (Å²) in [6.45, 7) is -2.66. The minimum atomic E-state index is -7.62. The lowest BCUT2D eigenvalue weighted by molar-refractivity contribution is -0.441. The van der Waals surface area contributed by atoms with Gasteiger partial charge in [-0.25, -0.2) is 13.2 Å². The molecule has 0 rings (SSSR count). The Morgan fingerprint density at radius 1 is 0.640 bits per heavy atom. The summed E-state index contributed by atoms with van der Waals surface area (Å²) in [5.74, 6) is -6.92. The molecular weight excluding hydrogens is 409 g/mol. The molecule has 25 heavy (non-hydrogen) atoms. The largest absolute Gasteiger partial charge is 0.437 e. The van der Waals surface area contributed by atoms with Crippen LogP contribution in [0, 0.1) is 0 Å². The van der Waals surface area contributed by atoms with Crippen molar-refractivity contribution in [3.05, 3.63) is 0 Å². The maximum absolute atomic E-state index is 13.8. The van der Waals surface area contributed by atoms with Gasteiger partial charge in [0, 0.05) is 0 Å². The first kappa shape index (κ1) is 23.9. The molecule has 0 fully saturated rings. The van der Waals surface area contributed by atoms with Crippen molar-refractivity contribution in [2.75, 3.05) is 6.61 Å². The number of alkyl halides is 15. The predicted octanol–water partition coefficient (Wildman–Crippen LogP) is 5.35. The maximum atomic E-state index is 13.8. The summed E-state index contributed by atoms with van der Waals surface area (Å²) in [7, 11) is 0. The van der Waals surface area contributed by atoms with Gasteiger partial charge >= 0.3 is 36.2 Å². The number of hydrogen-bond acceptors (Lipinski definition) is 1. The second kappa shape index (κ2) is 6.57. The van der Waals surface area contributed by atoms with Crippen LogP contribution in [-0.2, 0) is 4.74 Å². The zero-order valence-corrected chi connectivity index (χ0v) is 11.1. The van der Waals surface area contributed by atoms with Crippen LogP contribution in [0.1, 0.15) is 6.42 Å². The first-order valence-electron chi connectivity index (χ1n) is 5.54. The Morgan fingerprint density at radius 3 is 1.24 bits per heavy atom. The highest BCUT2D eigenvalue weighted by molar-refractivity contribution is 5.10. The lowest BCUT2D eigenvalue weighted by Crippen LogP contribution is -2.72. The standard InChI is InChI=1S/C9H5F15O/c10-3(6(15,16)17)5(14,25-2-1-4(11,12)13)7(18,8(19,20)21)9(22,23)24/h3H,1-2H2. The number of ether oxygens (including phenoxy) is 1. The van der Waals surface area contributed by atoms with Crippen LogP contribution in [0.25, 0.3) is 0 Å². The van der Waals surface area contributed by atoms with Crippen molar-refractivity contribution in [1.29, 1.82) is 0 Å². The van der Waals surface area contributed by atoms with E-state index in [-0.39, 0.29) is 0 Å². The van der Waals surface area contributed by atoms with Crippen LogP contribution >= 0.6 is 0 Å². The summed E-state index contributed by atoms with van der Waals surface area (Å²) < 4.78 is 188. The Kier molecular flexibility index (Phi) is 6.28. The summed E-state index contributed by atoms with van der Waals surface area (Å²) >= 11 is 0. The molecule has 0 aliphatic heterocycles. The predicted molar refractivity (Wildman–Crippen MR) is 47.4 cm³/mol. The molecule has 152 valence electrons. The molecule has 0 N–H and O–H groups in total. The van der Waals surface area contributed by atoms with Crippen LogP contribution < -0.4 is 0 Å². The second-order valence-corrected chi connectivity index (χ2v) is 4.42. The summed E-state index contributed by atoms with van der Waals surface area (Å²) in [6, 6.07) is 0. The quantitative estimate of drug-likeness (QED) is 0.551. The molecule has 0 aromatic carbocycles. The molecule has 2 unspecified atom stereocenters. The number of rotatable bonds is 5. The molecule has 0 saturated heterocycles. The Balaban J connectivity index is 6.27. The third kappa shape index (κ3) is 4.75. The summed E-state index contributed by atoms with van der Waals surface area (Å²) in [5, 5.41) is 0. The summed E-state index contributed by atoms with van der Waals surface area (Å²) in [5.41, 5.74) is -7.62. The topological polar surface area (TPSA) is 9.23 Å². The third-order valence-corrected chi connectivity index (χ3v) is 2.56. The first-order chi connectivity index (χ1) is 10.6. The van der Waals surface area contributed by atoms with Crippen molar-refractivity contribution < 1.29 is 70.6 Å². The van der Waals surface area contributed by atoms with Gasteiger partial charge in [-0.2, -0.15) is 52.7 Å². The summed E-state index contributed by atoms with van der Waals surface area (Å²) in [6.07, 6.45) is -36.0. The minimum Gasteiger partial charge on any atom is -0.340 e. The van der Waals surface area contributed by atoms with E-state index in [4.69, 9.17) is 0 Å². The van der Waals surface area contributed by atoms with E-state index in [1.807, 2.05) is 0 Å². The Bertz CT molecular complexity index is 428. The van der Waals surface area contributed by atoms with Gasteiger partial charge in [-0.1, -0.05) is 0 Å². The molecule has 0 spiro atoms. The van der Waals surface area contributed by atoms with Crippen LogP contribution in [-0.4, -0.2) is 49.0 Å². The van der Waals surface area contributed by atoms with E-state index < -0.39 is 55.4 Å². The molecule has 1 nitrogen and oxygen atoms in total. The van der Waals surface area contributed by atoms with E-state index in [0.29, 0.717) is 0 Å². The third-order valence-electron chi connectivity index (χ3n) is 2.56. The second-order valence-electron chi connectivity index (χ2n) is 4.42. The molecule has 0 bridgehead atoms. The monoisotopic (exact) mass is 414 g/mol. The average Bonchev–Trinajstić information content (AvgIpc) is 2.30. The van der Waals surface area contributed by atoms with E-state index in [9.17, 15) is 65.9 Å². The number of hydrogen-bond donors (Lipinski definition) is 0. The van der Waals surface area contributed by atoms with E-state index in [0.717, 1.165) is 0 Å². The Hall–Kier alpha value is -1.09. The highest BCUT2D eigenvalue weighted by Crippen LogP contribution is 2.57. The summed E-state index contributed by atoms with van der Waals surface area (Å²) in [4.78, 5) is 0. The van der Waals surface area contributed by atoms with Crippen molar-refractivity contribution in [2.45, 2.75) is 48.8 Å². The van der Waals surface area contributed by atoms with Gasteiger partial charge in [0.15, 0.2) is 0 Å². The number of halogens is 15. The fourth-order valence-corrected chi connectivity index (χ4v) is 1.42. The van der Waals surface area contributed by atoms with Crippen molar-refractivity contribution in [3.8, 4) is 0 Å². The van der Waals surface area contributed by atoms with Gasteiger partial charge in [0.05, 0.1) is 13.0 Å². The van der Waals surface area contributed by atoms with Gasteiger partial charge in [-0.3, -0.25) is 0 Å². The minimum absolute atomic E-state index is 2.59. The lowest BCUT2D eigenvalue weighted by atomic mass is 9.90. The van der Waals surface area contributed by atoms with Crippen LogP contribution in [0.3, 0.4) is 0 Å². The Morgan fingerprint density at radius 2 is 1.00 bits per heavy atom. The molecule has 0 aromatic heterocycles. The first-order valence-corrected chi connectivity index (χ1v) is 5.54. The molecule has 0 heterocycles. The van der Waals surface area contributed by atoms with E-state index in [1.54, 1.807) is 0 Å². The molecular formula is C9H5F15O. The zero-order chi connectivity index (χ0) is 20.7. The van der Waals surface area contributed by atoms with Gasteiger partial charge in [-0.15, -0.1) is 0 Å². The average molecular weight is 414 g/mol. The molecule has 2 atom stereocenters. The Labute approximate surface area is 127 Å².